The minimum absolute atomic E-state index is 0.0904. The Morgan fingerprint density at radius 3 is 2.87 bits per heavy atom. The van der Waals surface area contributed by atoms with Crippen LogP contribution in [0.5, 0.6) is 0 Å². The van der Waals surface area contributed by atoms with Crippen LogP contribution in [-0.4, -0.2) is 16.3 Å². The zero-order valence-corrected chi connectivity index (χ0v) is 8.93. The second-order valence-corrected chi connectivity index (χ2v) is 4.25. The molecule has 1 fully saturated rings. The number of hydrogen-bond donors (Lipinski definition) is 2. The van der Waals surface area contributed by atoms with Crippen LogP contribution in [0.1, 0.15) is 36.7 Å². The first-order valence-corrected chi connectivity index (χ1v) is 5.35. The molecule has 1 aromatic carbocycles. The van der Waals surface area contributed by atoms with E-state index in [-0.39, 0.29) is 29.1 Å². The van der Waals surface area contributed by atoms with Gasteiger partial charge in [0.2, 0.25) is 0 Å². The van der Waals surface area contributed by atoms with Crippen molar-refractivity contribution in [2.24, 2.45) is 0 Å². The van der Waals surface area contributed by atoms with Crippen LogP contribution in [0.25, 0.3) is 0 Å². The summed E-state index contributed by atoms with van der Waals surface area (Å²) < 4.78 is 30.7. The third-order valence-corrected chi connectivity index (χ3v) is 3.19. The van der Waals surface area contributed by atoms with Crippen molar-refractivity contribution in [3.8, 4) is 0 Å². The van der Waals surface area contributed by atoms with Gasteiger partial charge in [-0.3, -0.25) is 0 Å². The zero-order valence-electron chi connectivity index (χ0n) is 12.2. The number of halogens is 1. The van der Waals surface area contributed by atoms with Crippen molar-refractivity contribution in [1.82, 2.24) is 0 Å². The van der Waals surface area contributed by atoms with Gasteiger partial charge in [0, 0.05) is 10.6 Å². The van der Waals surface area contributed by atoms with Crippen molar-refractivity contribution in [3.05, 3.63) is 34.8 Å². The molecule has 1 aliphatic carbocycles. The lowest BCUT2D eigenvalue weighted by Crippen LogP contribution is -2.42. The Labute approximate surface area is 100 Å². The maximum atomic E-state index is 10.6. The summed E-state index contributed by atoms with van der Waals surface area (Å²) in [5.74, 6) is 0. The molecule has 0 amide bonds. The van der Waals surface area contributed by atoms with Gasteiger partial charge in [0.1, 0.15) is 5.60 Å². The molecule has 2 unspecified atom stereocenters. The molecule has 0 bridgehead atoms. The molecule has 82 valence electrons. The molecule has 2 atom stereocenters. The van der Waals surface area contributed by atoms with Crippen molar-refractivity contribution in [3.63, 3.8) is 0 Å². The molecule has 0 spiro atoms. The van der Waals surface area contributed by atoms with Gasteiger partial charge in [0.05, 0.1) is 11.6 Å². The second-order valence-electron chi connectivity index (χ2n) is 3.87. The first kappa shape index (κ1) is 6.89. The van der Waals surface area contributed by atoms with Crippen molar-refractivity contribution >= 4 is 11.6 Å². The molecular formula is C12H15ClO2. The average Bonchev–Trinajstić information content (AvgIpc) is 2.38. The summed E-state index contributed by atoms with van der Waals surface area (Å²) in [6.45, 7) is 0. The first-order chi connectivity index (χ1) is 8.80. The molecule has 2 N–H and O–H groups in total. The maximum absolute atomic E-state index is 10.6. The van der Waals surface area contributed by atoms with E-state index in [4.69, 9.17) is 17.1 Å². The lowest BCUT2D eigenvalue weighted by molar-refractivity contribution is -0.105. The predicted molar refractivity (Wildman–Crippen MR) is 59.8 cm³/mol. The third-order valence-electron chi connectivity index (χ3n) is 2.91. The smallest absolute Gasteiger partial charge is 0.117 e. The Morgan fingerprint density at radius 1 is 1.40 bits per heavy atom. The summed E-state index contributed by atoms with van der Waals surface area (Å²) in [6, 6.07) is -1.65. The molecule has 0 aliphatic heterocycles. The van der Waals surface area contributed by atoms with E-state index in [0.717, 1.165) is 6.42 Å². The highest BCUT2D eigenvalue weighted by atomic mass is 35.5. The standard InChI is InChI=1S/C12H15ClO2/c13-10-6-2-1-5-9(10)12(15)8-4-3-7-11(12)14/h1-2,5-6,11,14-15H,3-4,7-8H2/i1D,2D,5D,6D. The number of rotatable bonds is 1. The molecular weight excluding hydrogens is 212 g/mol. The van der Waals surface area contributed by atoms with Crippen molar-refractivity contribution in [2.45, 2.75) is 37.4 Å². The van der Waals surface area contributed by atoms with E-state index in [9.17, 15) is 10.2 Å². The van der Waals surface area contributed by atoms with Crippen LogP contribution in [0, 0.1) is 0 Å². The summed E-state index contributed by atoms with van der Waals surface area (Å²) in [7, 11) is 0. The lowest BCUT2D eigenvalue weighted by Gasteiger charge is -2.37. The van der Waals surface area contributed by atoms with E-state index in [1.807, 2.05) is 0 Å². The molecule has 1 aliphatic rings. The van der Waals surface area contributed by atoms with Gasteiger partial charge in [0.25, 0.3) is 0 Å². The van der Waals surface area contributed by atoms with E-state index < -0.39 is 23.8 Å². The van der Waals surface area contributed by atoms with Crippen LogP contribution < -0.4 is 0 Å². The highest BCUT2D eigenvalue weighted by Gasteiger charge is 2.40. The van der Waals surface area contributed by atoms with Crippen LogP contribution in [-0.2, 0) is 5.60 Å². The highest BCUT2D eigenvalue weighted by molar-refractivity contribution is 6.31. The Morgan fingerprint density at radius 2 is 2.13 bits per heavy atom. The third kappa shape index (κ3) is 1.89. The number of benzene rings is 1. The largest absolute Gasteiger partial charge is 0.390 e. The fourth-order valence-corrected chi connectivity index (χ4v) is 2.28. The minimum Gasteiger partial charge on any atom is -0.390 e. The van der Waals surface area contributed by atoms with Gasteiger partial charge < -0.3 is 10.2 Å². The molecule has 0 aromatic heterocycles. The molecule has 2 rings (SSSR count). The van der Waals surface area contributed by atoms with E-state index in [1.165, 1.54) is 0 Å². The fraction of sp³-hybridized carbons (Fsp3) is 0.500. The molecule has 0 heterocycles. The predicted octanol–water partition coefficient (Wildman–Crippen LogP) is 2.46. The minimum atomic E-state index is -1.70. The number of aliphatic hydroxyl groups is 2. The van der Waals surface area contributed by atoms with Crippen LogP contribution in [0.3, 0.4) is 0 Å². The normalized spacial score (nSPS) is 35.3. The summed E-state index contributed by atoms with van der Waals surface area (Å²) in [4.78, 5) is 0. The van der Waals surface area contributed by atoms with Crippen molar-refractivity contribution in [2.75, 3.05) is 0 Å². The van der Waals surface area contributed by atoms with E-state index >= 15 is 0 Å². The van der Waals surface area contributed by atoms with Gasteiger partial charge in [-0.2, -0.15) is 0 Å². The van der Waals surface area contributed by atoms with Crippen LogP contribution >= 0.6 is 11.6 Å². The lowest BCUT2D eigenvalue weighted by atomic mass is 9.77. The summed E-state index contributed by atoms with van der Waals surface area (Å²) >= 11 is 5.98. The maximum Gasteiger partial charge on any atom is 0.117 e. The molecule has 1 saturated carbocycles. The Bertz CT molecular complexity index is 494. The molecule has 2 nitrogen and oxygen atoms in total. The highest BCUT2D eigenvalue weighted by Crippen LogP contribution is 2.40. The summed E-state index contributed by atoms with van der Waals surface area (Å²) in [5.41, 5.74) is -1.79. The average molecular weight is 231 g/mol. The Kier molecular flexibility index (Phi) is 1.90. The molecule has 0 radical (unpaired) electrons. The van der Waals surface area contributed by atoms with Crippen molar-refractivity contribution in [1.29, 1.82) is 0 Å². The van der Waals surface area contributed by atoms with Gasteiger partial charge in [-0.25, -0.2) is 0 Å². The molecule has 3 heteroatoms. The zero-order chi connectivity index (χ0) is 14.4. The van der Waals surface area contributed by atoms with Gasteiger partial charge in [-0.1, -0.05) is 42.6 Å². The van der Waals surface area contributed by atoms with Crippen LogP contribution in [0.15, 0.2) is 24.2 Å². The monoisotopic (exact) mass is 230 g/mol. The Balaban J connectivity index is 2.68. The summed E-state index contributed by atoms with van der Waals surface area (Å²) in [6.07, 6.45) is 0.989. The van der Waals surface area contributed by atoms with Crippen LogP contribution in [0.2, 0.25) is 5.02 Å². The van der Waals surface area contributed by atoms with Gasteiger partial charge in [-0.15, -0.1) is 0 Å². The molecule has 1 aromatic rings. The van der Waals surface area contributed by atoms with Crippen LogP contribution in [0.4, 0.5) is 0 Å². The quantitative estimate of drug-likeness (QED) is 0.778. The van der Waals surface area contributed by atoms with Gasteiger partial charge in [-0.05, 0) is 18.9 Å². The fourth-order valence-electron chi connectivity index (χ4n) is 2.02. The van der Waals surface area contributed by atoms with E-state index in [0.29, 0.717) is 12.8 Å². The second kappa shape index (κ2) is 4.12. The molecule has 0 saturated heterocycles. The molecule has 15 heavy (non-hydrogen) atoms. The number of hydrogen-bond acceptors (Lipinski definition) is 2. The van der Waals surface area contributed by atoms with E-state index in [1.54, 1.807) is 0 Å². The number of aliphatic hydroxyl groups excluding tert-OH is 1. The van der Waals surface area contributed by atoms with Gasteiger partial charge in [0.15, 0.2) is 0 Å². The van der Waals surface area contributed by atoms with E-state index in [2.05, 4.69) is 0 Å². The Hall–Kier alpha value is -0.570. The SMILES string of the molecule is [2H]c1c([2H])c([2H])c(C2(O)CCCCC2O)c(Cl)c1[2H]. The van der Waals surface area contributed by atoms with Gasteiger partial charge >= 0.3 is 0 Å². The summed E-state index contributed by atoms with van der Waals surface area (Å²) in [5, 5.41) is 20.4. The first-order valence-electron chi connectivity index (χ1n) is 6.97. The van der Waals surface area contributed by atoms with Crippen molar-refractivity contribution < 1.29 is 15.7 Å². The topological polar surface area (TPSA) is 40.5 Å².